The van der Waals surface area contributed by atoms with Crippen LogP contribution in [0, 0.1) is 5.92 Å². The fourth-order valence-corrected chi connectivity index (χ4v) is 3.36. The van der Waals surface area contributed by atoms with Crippen LogP contribution in [0.15, 0.2) is 63.3 Å². The summed E-state index contributed by atoms with van der Waals surface area (Å²) >= 11 is 6.13. The van der Waals surface area contributed by atoms with Crippen molar-refractivity contribution in [3.8, 4) is 11.3 Å². The van der Waals surface area contributed by atoms with Crippen molar-refractivity contribution in [2.75, 3.05) is 19.0 Å². The van der Waals surface area contributed by atoms with Crippen molar-refractivity contribution in [2.24, 2.45) is 5.92 Å². The third kappa shape index (κ3) is 3.06. The summed E-state index contributed by atoms with van der Waals surface area (Å²) < 4.78 is 5.91. The number of aromatic nitrogens is 1. The van der Waals surface area contributed by atoms with Gasteiger partial charge in [-0.3, -0.25) is 4.79 Å². The topological polar surface area (TPSA) is 58.4 Å². The predicted octanol–water partition coefficient (Wildman–Crippen LogP) is 3.95. The Bertz CT molecular complexity index is 952. The number of anilines is 1. The number of pyridine rings is 1. The van der Waals surface area contributed by atoms with Crippen molar-refractivity contribution in [1.82, 2.24) is 10.3 Å². The van der Waals surface area contributed by atoms with E-state index < -0.39 is 0 Å². The molecule has 2 aromatic heterocycles. The molecule has 6 heteroatoms. The van der Waals surface area contributed by atoms with Gasteiger partial charge in [-0.15, -0.1) is 0 Å². The molecule has 0 aromatic carbocycles. The number of nitrogens with zero attached hydrogens (tertiary/aromatic N) is 2. The van der Waals surface area contributed by atoms with Crippen molar-refractivity contribution in [1.29, 1.82) is 0 Å². The second kappa shape index (κ2) is 6.50. The average Bonchev–Trinajstić information content (AvgIpc) is 3.21. The maximum atomic E-state index is 12.3. The quantitative estimate of drug-likeness (QED) is 0.834. The molecule has 0 spiro atoms. The first-order chi connectivity index (χ1) is 12.5. The highest BCUT2D eigenvalue weighted by atomic mass is 35.5. The summed E-state index contributed by atoms with van der Waals surface area (Å²) in [5.74, 6) is 2.09. The Morgan fingerprint density at radius 2 is 2.12 bits per heavy atom. The van der Waals surface area contributed by atoms with Gasteiger partial charge in [-0.2, -0.15) is 0 Å². The lowest BCUT2D eigenvalue weighted by atomic mass is 9.92. The van der Waals surface area contributed by atoms with E-state index >= 15 is 0 Å². The van der Waals surface area contributed by atoms with Gasteiger partial charge in [0.25, 0.3) is 5.91 Å². The fourth-order valence-electron chi connectivity index (χ4n) is 3.14. The Hall–Kier alpha value is -2.79. The smallest absolute Gasteiger partial charge is 0.252 e. The number of fused-ring (bicyclic) bond motifs is 1. The highest BCUT2D eigenvalue weighted by Gasteiger charge is 2.34. The zero-order valence-electron chi connectivity index (χ0n) is 14.5. The average molecular weight is 368 g/mol. The summed E-state index contributed by atoms with van der Waals surface area (Å²) in [4.78, 5) is 18.6. The number of rotatable bonds is 3. The minimum Gasteiger partial charge on any atom is -0.457 e. The Morgan fingerprint density at radius 3 is 2.85 bits per heavy atom. The molecular weight excluding hydrogens is 350 g/mol. The van der Waals surface area contributed by atoms with E-state index in [0.717, 1.165) is 22.1 Å². The maximum absolute atomic E-state index is 12.3. The van der Waals surface area contributed by atoms with Crippen molar-refractivity contribution in [2.45, 2.75) is 6.42 Å². The van der Waals surface area contributed by atoms with Crippen LogP contribution in [0.25, 0.3) is 17.4 Å². The van der Waals surface area contributed by atoms with E-state index in [9.17, 15) is 4.79 Å². The lowest BCUT2D eigenvalue weighted by Gasteiger charge is -2.14. The molecule has 5 nitrogen and oxygen atoms in total. The molecule has 0 bridgehead atoms. The van der Waals surface area contributed by atoms with E-state index in [4.69, 9.17) is 16.0 Å². The third-order valence-electron chi connectivity index (χ3n) is 4.53. The molecule has 1 amide bonds. The monoisotopic (exact) mass is 367 g/mol. The number of furan rings is 1. The summed E-state index contributed by atoms with van der Waals surface area (Å²) in [5.41, 5.74) is 2.45. The van der Waals surface area contributed by atoms with Crippen molar-refractivity contribution >= 4 is 29.4 Å². The Labute approximate surface area is 156 Å². The van der Waals surface area contributed by atoms with E-state index in [-0.39, 0.29) is 11.8 Å². The largest absolute Gasteiger partial charge is 0.457 e. The van der Waals surface area contributed by atoms with Crippen LogP contribution >= 0.6 is 11.6 Å². The van der Waals surface area contributed by atoms with Crippen molar-refractivity contribution in [3.05, 3.63) is 64.7 Å². The summed E-state index contributed by atoms with van der Waals surface area (Å²) in [5, 5.41) is 3.64. The van der Waals surface area contributed by atoms with Crippen LogP contribution in [-0.2, 0) is 4.79 Å². The second-order valence-corrected chi connectivity index (χ2v) is 7.03. The molecule has 1 atom stereocenters. The van der Waals surface area contributed by atoms with E-state index in [2.05, 4.69) is 10.3 Å². The molecule has 2 aromatic rings. The third-order valence-corrected chi connectivity index (χ3v) is 4.81. The molecule has 1 aliphatic heterocycles. The lowest BCUT2D eigenvalue weighted by Crippen LogP contribution is -2.13. The van der Waals surface area contributed by atoms with Crippen LogP contribution in [0.2, 0.25) is 0 Å². The number of amides is 1. The molecule has 0 saturated carbocycles. The molecule has 2 aliphatic rings. The molecule has 1 aliphatic carbocycles. The number of hydrogen-bond donors (Lipinski definition) is 1. The van der Waals surface area contributed by atoms with Crippen molar-refractivity contribution in [3.63, 3.8) is 0 Å². The molecular formula is C20H18ClN3O2. The van der Waals surface area contributed by atoms with Gasteiger partial charge < -0.3 is 14.6 Å². The van der Waals surface area contributed by atoms with Gasteiger partial charge in [0, 0.05) is 48.1 Å². The molecule has 4 rings (SSSR count). The second-order valence-electron chi connectivity index (χ2n) is 6.55. The van der Waals surface area contributed by atoms with E-state index in [1.54, 1.807) is 12.3 Å². The highest BCUT2D eigenvalue weighted by Crippen LogP contribution is 2.37. The van der Waals surface area contributed by atoms with Gasteiger partial charge >= 0.3 is 0 Å². The van der Waals surface area contributed by atoms with Gasteiger partial charge in [0.05, 0.1) is 0 Å². The molecule has 1 N–H and O–H groups in total. The molecule has 0 radical (unpaired) electrons. The van der Waals surface area contributed by atoms with Crippen LogP contribution in [-0.4, -0.2) is 25.0 Å². The Balaban J connectivity index is 1.60. The first kappa shape index (κ1) is 16.7. The maximum Gasteiger partial charge on any atom is 0.252 e. The normalized spacial score (nSPS) is 20.5. The van der Waals surface area contributed by atoms with Gasteiger partial charge in [-0.25, -0.2) is 4.98 Å². The molecule has 1 fully saturated rings. The summed E-state index contributed by atoms with van der Waals surface area (Å²) in [6.07, 6.45) is 7.88. The van der Waals surface area contributed by atoms with Crippen LogP contribution in [0.5, 0.6) is 0 Å². The fraction of sp³-hybridized carbons (Fsp3) is 0.200. The standard InChI is InChI=1S/C20H18ClN3O2/c1-24(2)19-8-3-12(11-22-19)18-7-5-14(26-18)10-16-15-9-13(21)4-6-17(15)23-20(16)25/h3-8,10-11,15H,9H2,1-2H3,(H,23,25). The zero-order valence-corrected chi connectivity index (χ0v) is 15.2. The van der Waals surface area contributed by atoms with E-state index in [0.29, 0.717) is 23.5 Å². The first-order valence-corrected chi connectivity index (χ1v) is 8.72. The van der Waals surface area contributed by atoms with Gasteiger partial charge in [-0.05, 0) is 48.9 Å². The van der Waals surface area contributed by atoms with Crippen molar-refractivity contribution < 1.29 is 9.21 Å². The van der Waals surface area contributed by atoms with Crippen LogP contribution in [0.1, 0.15) is 12.2 Å². The SMILES string of the molecule is CN(C)c1ccc(-c2ccc(C=C3C(=O)NC4=CC=C(Cl)CC43)o2)cn1. The summed E-state index contributed by atoms with van der Waals surface area (Å²) in [7, 11) is 3.89. The number of carbonyl (C=O) groups is 1. The lowest BCUT2D eigenvalue weighted by molar-refractivity contribution is -0.115. The molecule has 1 saturated heterocycles. The van der Waals surface area contributed by atoms with Gasteiger partial charge in [0.2, 0.25) is 0 Å². The number of carbonyl (C=O) groups excluding carboxylic acids is 1. The molecule has 3 heterocycles. The Kier molecular flexibility index (Phi) is 4.17. The number of halogens is 1. The minimum absolute atomic E-state index is 0.0328. The summed E-state index contributed by atoms with van der Waals surface area (Å²) in [6, 6.07) is 7.65. The molecule has 26 heavy (non-hydrogen) atoms. The van der Waals surface area contributed by atoms with Gasteiger partial charge in [0.15, 0.2) is 0 Å². The highest BCUT2D eigenvalue weighted by molar-refractivity contribution is 6.30. The summed E-state index contributed by atoms with van der Waals surface area (Å²) in [6.45, 7) is 0. The number of allylic oxidation sites excluding steroid dienone is 4. The van der Waals surface area contributed by atoms with Crippen LogP contribution in [0.3, 0.4) is 0 Å². The Morgan fingerprint density at radius 1 is 1.27 bits per heavy atom. The zero-order chi connectivity index (χ0) is 18.3. The van der Waals surface area contributed by atoms with Gasteiger partial charge in [-0.1, -0.05) is 11.6 Å². The number of hydrogen-bond acceptors (Lipinski definition) is 4. The van der Waals surface area contributed by atoms with Gasteiger partial charge in [0.1, 0.15) is 17.3 Å². The van der Waals surface area contributed by atoms with Crippen LogP contribution < -0.4 is 10.2 Å². The molecule has 1 unspecified atom stereocenters. The number of nitrogens with one attached hydrogen (secondary N) is 1. The predicted molar refractivity (Wildman–Crippen MR) is 103 cm³/mol. The molecule has 132 valence electrons. The van der Waals surface area contributed by atoms with Crippen LogP contribution in [0.4, 0.5) is 5.82 Å². The minimum atomic E-state index is -0.101. The van der Waals surface area contributed by atoms with E-state index in [1.165, 1.54) is 0 Å². The van der Waals surface area contributed by atoms with E-state index in [1.807, 2.05) is 55.4 Å². The first-order valence-electron chi connectivity index (χ1n) is 8.34.